The third kappa shape index (κ3) is 2.90. The standard InChI is InChI=1S/C15H14ClNO/c1-11-13(8-5-9-14(11)16)15(18)17-10-12-6-3-2-4-7-12/h2-9H,10H2,1H3,(H,17,18). The lowest BCUT2D eigenvalue weighted by Gasteiger charge is -2.08. The molecule has 2 aromatic carbocycles. The van der Waals surface area contributed by atoms with Crippen molar-refractivity contribution in [2.45, 2.75) is 13.5 Å². The minimum atomic E-state index is -0.0983. The predicted molar refractivity (Wildman–Crippen MR) is 73.8 cm³/mol. The second-order valence-corrected chi connectivity index (χ2v) is 4.49. The maximum Gasteiger partial charge on any atom is 0.251 e. The van der Waals surface area contributed by atoms with Crippen LogP contribution < -0.4 is 5.32 Å². The highest BCUT2D eigenvalue weighted by Crippen LogP contribution is 2.18. The Kier molecular flexibility index (Phi) is 4.00. The van der Waals surface area contributed by atoms with Crippen LogP contribution in [0.5, 0.6) is 0 Å². The van der Waals surface area contributed by atoms with Crippen molar-refractivity contribution < 1.29 is 4.79 Å². The predicted octanol–water partition coefficient (Wildman–Crippen LogP) is 3.58. The van der Waals surface area contributed by atoms with Gasteiger partial charge in [0.2, 0.25) is 0 Å². The van der Waals surface area contributed by atoms with E-state index in [-0.39, 0.29) is 5.91 Å². The molecule has 0 aliphatic heterocycles. The van der Waals surface area contributed by atoms with Crippen molar-refractivity contribution in [2.75, 3.05) is 0 Å². The summed E-state index contributed by atoms with van der Waals surface area (Å²) in [4.78, 5) is 12.0. The number of hydrogen-bond donors (Lipinski definition) is 1. The molecule has 0 aromatic heterocycles. The summed E-state index contributed by atoms with van der Waals surface area (Å²) in [6.45, 7) is 2.37. The molecule has 0 heterocycles. The molecule has 92 valence electrons. The smallest absolute Gasteiger partial charge is 0.251 e. The lowest BCUT2D eigenvalue weighted by molar-refractivity contribution is 0.0950. The monoisotopic (exact) mass is 259 g/mol. The summed E-state index contributed by atoms with van der Waals surface area (Å²) in [5.74, 6) is -0.0983. The zero-order valence-electron chi connectivity index (χ0n) is 10.1. The van der Waals surface area contributed by atoms with Crippen LogP contribution in [-0.2, 0) is 6.54 Å². The Morgan fingerprint density at radius 3 is 2.56 bits per heavy atom. The quantitative estimate of drug-likeness (QED) is 0.897. The second kappa shape index (κ2) is 5.69. The Morgan fingerprint density at radius 2 is 1.83 bits per heavy atom. The van der Waals surface area contributed by atoms with E-state index in [2.05, 4.69) is 5.32 Å². The van der Waals surface area contributed by atoms with Gasteiger partial charge in [0.1, 0.15) is 0 Å². The van der Waals surface area contributed by atoms with Crippen LogP contribution in [0.1, 0.15) is 21.5 Å². The maximum absolute atomic E-state index is 12.0. The zero-order chi connectivity index (χ0) is 13.0. The minimum Gasteiger partial charge on any atom is -0.348 e. The van der Waals surface area contributed by atoms with Gasteiger partial charge in [-0.05, 0) is 30.2 Å². The van der Waals surface area contributed by atoms with Crippen LogP contribution in [0.2, 0.25) is 5.02 Å². The number of carbonyl (C=O) groups excluding carboxylic acids is 1. The van der Waals surface area contributed by atoms with Crippen LogP contribution in [0.3, 0.4) is 0 Å². The van der Waals surface area contributed by atoms with E-state index in [1.807, 2.05) is 37.3 Å². The van der Waals surface area contributed by atoms with Crippen LogP contribution >= 0.6 is 11.6 Å². The van der Waals surface area contributed by atoms with Gasteiger partial charge in [-0.3, -0.25) is 4.79 Å². The number of nitrogens with one attached hydrogen (secondary N) is 1. The number of rotatable bonds is 3. The van der Waals surface area contributed by atoms with E-state index in [1.165, 1.54) is 0 Å². The van der Waals surface area contributed by atoms with Crippen LogP contribution in [0.25, 0.3) is 0 Å². The van der Waals surface area contributed by atoms with Crippen LogP contribution in [-0.4, -0.2) is 5.91 Å². The summed E-state index contributed by atoms with van der Waals surface area (Å²) in [6, 6.07) is 15.2. The molecule has 0 aliphatic carbocycles. The molecule has 0 saturated heterocycles. The average molecular weight is 260 g/mol. The number of amides is 1. The zero-order valence-corrected chi connectivity index (χ0v) is 10.9. The summed E-state index contributed by atoms with van der Waals surface area (Å²) in [5, 5.41) is 3.50. The highest BCUT2D eigenvalue weighted by molar-refractivity contribution is 6.31. The van der Waals surface area contributed by atoms with Gasteiger partial charge in [0.15, 0.2) is 0 Å². The van der Waals surface area contributed by atoms with Crippen LogP contribution in [0, 0.1) is 6.92 Å². The Balaban J connectivity index is 2.07. The van der Waals surface area contributed by atoms with Crippen molar-refractivity contribution in [3.63, 3.8) is 0 Å². The minimum absolute atomic E-state index is 0.0983. The van der Waals surface area contributed by atoms with E-state index in [9.17, 15) is 4.79 Å². The summed E-state index contributed by atoms with van der Waals surface area (Å²) in [5.41, 5.74) is 2.51. The fourth-order valence-corrected chi connectivity index (χ4v) is 1.90. The van der Waals surface area contributed by atoms with Gasteiger partial charge in [0.05, 0.1) is 0 Å². The molecule has 0 aliphatic rings. The third-order valence-corrected chi connectivity index (χ3v) is 3.22. The van der Waals surface area contributed by atoms with Crippen molar-refractivity contribution in [1.29, 1.82) is 0 Å². The fraction of sp³-hybridized carbons (Fsp3) is 0.133. The number of carbonyl (C=O) groups is 1. The molecular formula is C15H14ClNO. The molecule has 2 nitrogen and oxygen atoms in total. The van der Waals surface area contributed by atoms with Gasteiger partial charge in [-0.25, -0.2) is 0 Å². The van der Waals surface area contributed by atoms with Crippen LogP contribution in [0.4, 0.5) is 0 Å². The molecule has 3 heteroatoms. The Morgan fingerprint density at radius 1 is 1.11 bits per heavy atom. The highest BCUT2D eigenvalue weighted by atomic mass is 35.5. The first kappa shape index (κ1) is 12.7. The molecule has 0 saturated carbocycles. The lowest BCUT2D eigenvalue weighted by atomic mass is 10.1. The molecule has 0 unspecified atom stereocenters. The van der Waals surface area contributed by atoms with Crippen LogP contribution in [0.15, 0.2) is 48.5 Å². The Bertz CT molecular complexity index is 552. The van der Waals surface area contributed by atoms with E-state index < -0.39 is 0 Å². The number of hydrogen-bond acceptors (Lipinski definition) is 1. The van der Waals surface area contributed by atoms with Gasteiger partial charge in [-0.2, -0.15) is 0 Å². The molecule has 0 bridgehead atoms. The molecule has 1 N–H and O–H groups in total. The molecule has 0 radical (unpaired) electrons. The Hall–Kier alpha value is -1.80. The summed E-state index contributed by atoms with van der Waals surface area (Å²) < 4.78 is 0. The highest BCUT2D eigenvalue weighted by Gasteiger charge is 2.10. The van der Waals surface area contributed by atoms with Crippen molar-refractivity contribution in [3.05, 3.63) is 70.2 Å². The van der Waals surface area contributed by atoms with E-state index in [1.54, 1.807) is 18.2 Å². The first-order valence-corrected chi connectivity index (χ1v) is 6.13. The molecule has 0 fully saturated rings. The Labute approximate surface area is 112 Å². The largest absolute Gasteiger partial charge is 0.348 e. The van der Waals surface area contributed by atoms with Crippen molar-refractivity contribution >= 4 is 17.5 Å². The SMILES string of the molecule is Cc1c(Cl)cccc1C(=O)NCc1ccccc1. The summed E-state index contributed by atoms with van der Waals surface area (Å²) >= 11 is 6.00. The average Bonchev–Trinajstić information content (AvgIpc) is 2.40. The molecular weight excluding hydrogens is 246 g/mol. The molecule has 2 rings (SSSR count). The number of halogens is 1. The third-order valence-electron chi connectivity index (χ3n) is 2.81. The van der Waals surface area contributed by atoms with Gasteiger partial charge >= 0.3 is 0 Å². The first-order valence-electron chi connectivity index (χ1n) is 5.75. The second-order valence-electron chi connectivity index (χ2n) is 4.08. The normalized spacial score (nSPS) is 10.1. The molecule has 0 atom stereocenters. The van der Waals surface area contributed by atoms with E-state index in [0.29, 0.717) is 17.1 Å². The van der Waals surface area contributed by atoms with Gasteiger partial charge in [-0.1, -0.05) is 48.0 Å². The van der Waals surface area contributed by atoms with E-state index in [0.717, 1.165) is 11.1 Å². The van der Waals surface area contributed by atoms with Gasteiger partial charge in [-0.15, -0.1) is 0 Å². The number of benzene rings is 2. The molecule has 2 aromatic rings. The molecule has 0 spiro atoms. The lowest BCUT2D eigenvalue weighted by Crippen LogP contribution is -2.23. The van der Waals surface area contributed by atoms with Gasteiger partial charge in [0.25, 0.3) is 5.91 Å². The summed E-state index contributed by atoms with van der Waals surface area (Å²) in [7, 11) is 0. The maximum atomic E-state index is 12.0. The first-order chi connectivity index (χ1) is 8.68. The van der Waals surface area contributed by atoms with Crippen molar-refractivity contribution in [3.8, 4) is 0 Å². The van der Waals surface area contributed by atoms with E-state index in [4.69, 9.17) is 11.6 Å². The topological polar surface area (TPSA) is 29.1 Å². The fourth-order valence-electron chi connectivity index (χ4n) is 1.73. The van der Waals surface area contributed by atoms with Gasteiger partial charge < -0.3 is 5.32 Å². The molecule has 1 amide bonds. The van der Waals surface area contributed by atoms with Gasteiger partial charge in [0, 0.05) is 17.1 Å². The van der Waals surface area contributed by atoms with Crippen molar-refractivity contribution in [2.24, 2.45) is 0 Å². The van der Waals surface area contributed by atoms with E-state index >= 15 is 0 Å². The van der Waals surface area contributed by atoms with Crippen molar-refractivity contribution in [1.82, 2.24) is 5.32 Å². The summed E-state index contributed by atoms with van der Waals surface area (Å²) in [6.07, 6.45) is 0. The molecule has 18 heavy (non-hydrogen) atoms.